The number of hydrogen-bond donors (Lipinski definition) is 2. The Bertz CT molecular complexity index is 554. The molecule has 2 N–H and O–H groups in total. The Balaban J connectivity index is 2.12. The Kier molecular flexibility index (Phi) is 4.87. The van der Waals surface area contributed by atoms with Crippen LogP contribution in [0, 0.1) is 13.8 Å². The summed E-state index contributed by atoms with van der Waals surface area (Å²) in [5.41, 5.74) is 2.18. The molecule has 2 heterocycles. The molecule has 5 heteroatoms. The summed E-state index contributed by atoms with van der Waals surface area (Å²) in [5.74, 6) is 2.55. The lowest BCUT2D eigenvalue weighted by atomic mass is 10.2. The summed E-state index contributed by atoms with van der Waals surface area (Å²) in [6.07, 6.45) is 4.70. The summed E-state index contributed by atoms with van der Waals surface area (Å²) >= 11 is 0. The molecule has 0 aliphatic rings. The highest BCUT2D eigenvalue weighted by Crippen LogP contribution is 2.20. The summed E-state index contributed by atoms with van der Waals surface area (Å²) in [6.45, 7) is 7.70. The number of hydrogen-bond acceptors (Lipinski definition) is 5. The van der Waals surface area contributed by atoms with E-state index in [1.54, 1.807) is 6.20 Å². The van der Waals surface area contributed by atoms with E-state index in [9.17, 15) is 0 Å². The topological polar surface area (TPSA) is 62.7 Å². The van der Waals surface area contributed by atoms with Crippen LogP contribution < -0.4 is 10.6 Å². The number of anilines is 2. The predicted molar refractivity (Wildman–Crippen MR) is 81.9 cm³/mol. The van der Waals surface area contributed by atoms with Crippen molar-refractivity contribution in [3.8, 4) is 0 Å². The average Bonchev–Trinajstić information content (AvgIpc) is 2.47. The molecule has 0 aliphatic heterocycles. The van der Waals surface area contributed by atoms with Gasteiger partial charge in [0.15, 0.2) is 0 Å². The van der Waals surface area contributed by atoms with Gasteiger partial charge in [0.25, 0.3) is 0 Å². The van der Waals surface area contributed by atoms with Crippen LogP contribution in [-0.2, 0) is 6.54 Å². The normalized spacial score (nSPS) is 10.3. The molecule has 0 aromatic carbocycles. The van der Waals surface area contributed by atoms with Crippen LogP contribution in [0.25, 0.3) is 0 Å². The van der Waals surface area contributed by atoms with Gasteiger partial charge >= 0.3 is 0 Å². The van der Waals surface area contributed by atoms with Crippen molar-refractivity contribution in [1.29, 1.82) is 0 Å². The van der Waals surface area contributed by atoms with Crippen molar-refractivity contribution >= 4 is 11.6 Å². The molecule has 0 saturated carbocycles. The standard InChI is InChI=1S/C15H21N5/c1-4-7-17-14-11(2)15(20-12(3)19-14)18-10-13-6-5-8-16-9-13/h5-6,8-9H,4,7,10H2,1-3H3,(H2,17,18,19,20). The first-order valence-corrected chi connectivity index (χ1v) is 6.92. The Labute approximate surface area is 119 Å². The summed E-state index contributed by atoms with van der Waals surface area (Å²) in [7, 11) is 0. The summed E-state index contributed by atoms with van der Waals surface area (Å²) in [5, 5.41) is 6.69. The number of aryl methyl sites for hydroxylation is 1. The minimum Gasteiger partial charge on any atom is -0.370 e. The quantitative estimate of drug-likeness (QED) is 0.845. The molecule has 0 unspecified atom stereocenters. The molecule has 2 rings (SSSR count). The van der Waals surface area contributed by atoms with E-state index in [4.69, 9.17) is 0 Å². The van der Waals surface area contributed by atoms with E-state index < -0.39 is 0 Å². The highest BCUT2D eigenvalue weighted by Gasteiger charge is 2.08. The molecule has 0 aliphatic carbocycles. The van der Waals surface area contributed by atoms with Crippen LogP contribution in [0.15, 0.2) is 24.5 Å². The summed E-state index contributed by atoms with van der Waals surface area (Å²) in [6, 6.07) is 3.98. The first-order valence-electron chi connectivity index (χ1n) is 6.92. The largest absolute Gasteiger partial charge is 0.370 e. The van der Waals surface area contributed by atoms with Crippen molar-refractivity contribution in [3.05, 3.63) is 41.5 Å². The highest BCUT2D eigenvalue weighted by molar-refractivity contribution is 5.57. The highest BCUT2D eigenvalue weighted by atomic mass is 15.1. The van der Waals surface area contributed by atoms with Crippen molar-refractivity contribution in [1.82, 2.24) is 15.0 Å². The van der Waals surface area contributed by atoms with Gasteiger partial charge in [0.05, 0.1) is 0 Å². The molecular formula is C15H21N5. The molecule has 0 fully saturated rings. The van der Waals surface area contributed by atoms with Gasteiger partial charge in [0.2, 0.25) is 0 Å². The van der Waals surface area contributed by atoms with Gasteiger partial charge in [-0.2, -0.15) is 0 Å². The first kappa shape index (κ1) is 14.2. The van der Waals surface area contributed by atoms with Crippen LogP contribution in [-0.4, -0.2) is 21.5 Å². The zero-order valence-electron chi connectivity index (χ0n) is 12.3. The van der Waals surface area contributed by atoms with Crippen LogP contribution in [0.3, 0.4) is 0 Å². The number of nitrogens with zero attached hydrogens (tertiary/aromatic N) is 3. The molecule has 20 heavy (non-hydrogen) atoms. The van der Waals surface area contributed by atoms with E-state index in [0.717, 1.165) is 41.6 Å². The van der Waals surface area contributed by atoms with Crippen molar-refractivity contribution in [2.24, 2.45) is 0 Å². The van der Waals surface area contributed by atoms with E-state index in [1.165, 1.54) is 0 Å². The molecule has 0 saturated heterocycles. The van der Waals surface area contributed by atoms with Crippen LogP contribution in [0.5, 0.6) is 0 Å². The molecule has 0 atom stereocenters. The van der Waals surface area contributed by atoms with Crippen LogP contribution in [0.1, 0.15) is 30.3 Å². The summed E-state index contributed by atoms with van der Waals surface area (Å²) in [4.78, 5) is 13.0. The van der Waals surface area contributed by atoms with Crippen LogP contribution in [0.4, 0.5) is 11.6 Å². The van der Waals surface area contributed by atoms with E-state index in [2.05, 4.69) is 32.5 Å². The number of rotatable bonds is 6. The van der Waals surface area contributed by atoms with Gasteiger partial charge in [-0.3, -0.25) is 4.98 Å². The minimum absolute atomic E-state index is 0.707. The second kappa shape index (κ2) is 6.84. The van der Waals surface area contributed by atoms with Crippen LogP contribution in [0.2, 0.25) is 0 Å². The van der Waals surface area contributed by atoms with E-state index in [-0.39, 0.29) is 0 Å². The van der Waals surface area contributed by atoms with Gasteiger partial charge in [0.1, 0.15) is 17.5 Å². The Morgan fingerprint density at radius 1 is 1.10 bits per heavy atom. The monoisotopic (exact) mass is 271 g/mol. The fourth-order valence-corrected chi connectivity index (χ4v) is 1.90. The van der Waals surface area contributed by atoms with Gasteiger partial charge < -0.3 is 10.6 Å². The molecule has 0 spiro atoms. The smallest absolute Gasteiger partial charge is 0.135 e. The minimum atomic E-state index is 0.707. The molecule has 2 aromatic rings. The first-order chi connectivity index (χ1) is 9.70. The Morgan fingerprint density at radius 2 is 1.85 bits per heavy atom. The molecule has 0 radical (unpaired) electrons. The number of nitrogens with one attached hydrogen (secondary N) is 2. The van der Waals surface area contributed by atoms with Crippen molar-refractivity contribution < 1.29 is 0 Å². The van der Waals surface area contributed by atoms with E-state index in [1.807, 2.05) is 32.2 Å². The maximum absolute atomic E-state index is 4.47. The second-order valence-electron chi connectivity index (χ2n) is 4.73. The van der Waals surface area contributed by atoms with E-state index in [0.29, 0.717) is 6.54 Å². The van der Waals surface area contributed by atoms with Crippen molar-refractivity contribution in [2.75, 3.05) is 17.2 Å². The number of aromatic nitrogens is 3. The van der Waals surface area contributed by atoms with Gasteiger partial charge in [-0.05, 0) is 31.9 Å². The van der Waals surface area contributed by atoms with Gasteiger partial charge in [-0.1, -0.05) is 13.0 Å². The Morgan fingerprint density at radius 3 is 2.50 bits per heavy atom. The lowest BCUT2D eigenvalue weighted by molar-refractivity contribution is 0.942. The maximum atomic E-state index is 4.47. The lowest BCUT2D eigenvalue weighted by Crippen LogP contribution is -2.10. The molecule has 0 bridgehead atoms. The SMILES string of the molecule is CCCNc1nc(C)nc(NCc2cccnc2)c1C. The van der Waals surface area contributed by atoms with Crippen molar-refractivity contribution in [2.45, 2.75) is 33.7 Å². The Hall–Kier alpha value is -2.17. The van der Waals surface area contributed by atoms with Gasteiger partial charge in [0, 0.05) is 31.0 Å². The van der Waals surface area contributed by atoms with E-state index >= 15 is 0 Å². The average molecular weight is 271 g/mol. The molecule has 2 aromatic heterocycles. The predicted octanol–water partition coefficient (Wildman–Crippen LogP) is 2.92. The fourth-order valence-electron chi connectivity index (χ4n) is 1.90. The van der Waals surface area contributed by atoms with Gasteiger partial charge in [-0.15, -0.1) is 0 Å². The zero-order chi connectivity index (χ0) is 14.4. The zero-order valence-corrected chi connectivity index (χ0v) is 12.3. The van der Waals surface area contributed by atoms with Gasteiger partial charge in [-0.25, -0.2) is 9.97 Å². The summed E-state index contributed by atoms with van der Waals surface area (Å²) < 4.78 is 0. The molecular weight excluding hydrogens is 250 g/mol. The molecule has 0 amide bonds. The third-order valence-electron chi connectivity index (χ3n) is 2.98. The second-order valence-corrected chi connectivity index (χ2v) is 4.73. The third-order valence-corrected chi connectivity index (χ3v) is 2.98. The lowest BCUT2D eigenvalue weighted by Gasteiger charge is -2.14. The van der Waals surface area contributed by atoms with Crippen LogP contribution >= 0.6 is 0 Å². The maximum Gasteiger partial charge on any atom is 0.135 e. The number of pyridine rings is 1. The van der Waals surface area contributed by atoms with Crippen molar-refractivity contribution in [3.63, 3.8) is 0 Å². The third kappa shape index (κ3) is 3.66. The molecule has 106 valence electrons. The fraction of sp³-hybridized carbons (Fsp3) is 0.400. The molecule has 5 nitrogen and oxygen atoms in total.